The van der Waals surface area contributed by atoms with Crippen LogP contribution in [0.15, 0.2) is 18.2 Å². The van der Waals surface area contributed by atoms with Gasteiger partial charge < -0.3 is 5.32 Å². The van der Waals surface area contributed by atoms with Crippen LogP contribution in [-0.2, 0) is 9.59 Å². The Balaban J connectivity index is 2.27. The van der Waals surface area contributed by atoms with Crippen molar-refractivity contribution in [2.75, 3.05) is 12.4 Å². The highest BCUT2D eigenvalue weighted by Gasteiger charge is 2.33. The van der Waals surface area contributed by atoms with E-state index in [4.69, 9.17) is 11.6 Å². The molecule has 106 valence electrons. The normalized spacial score (nSPS) is 19.1. The van der Waals surface area contributed by atoms with Crippen LogP contribution in [0.2, 0.25) is 5.02 Å². The smallest absolute Gasteiger partial charge is 0.310 e. The molecule has 2 amide bonds. The summed E-state index contributed by atoms with van der Waals surface area (Å²) in [5, 5.41) is 13.8. The molecule has 20 heavy (non-hydrogen) atoms. The van der Waals surface area contributed by atoms with Crippen molar-refractivity contribution in [2.45, 2.75) is 18.9 Å². The van der Waals surface area contributed by atoms with E-state index in [1.807, 2.05) is 0 Å². The summed E-state index contributed by atoms with van der Waals surface area (Å²) in [5.74, 6) is -0.663. The lowest BCUT2D eigenvalue weighted by atomic mass is 10.0. The molecule has 0 bridgehead atoms. The fourth-order valence-corrected chi connectivity index (χ4v) is 2.30. The summed E-state index contributed by atoms with van der Waals surface area (Å²) in [5.41, 5.74) is -0.106. The third-order valence-electron chi connectivity index (χ3n) is 3.15. The van der Waals surface area contributed by atoms with Crippen molar-refractivity contribution in [2.24, 2.45) is 0 Å². The molecular weight excluding hydrogens is 286 g/mol. The zero-order valence-electron chi connectivity index (χ0n) is 10.6. The summed E-state index contributed by atoms with van der Waals surface area (Å²) in [6, 6.07) is 3.77. The van der Waals surface area contributed by atoms with Crippen LogP contribution in [-0.4, -0.2) is 34.7 Å². The van der Waals surface area contributed by atoms with Crippen molar-refractivity contribution >= 4 is 34.8 Å². The third kappa shape index (κ3) is 2.57. The van der Waals surface area contributed by atoms with Crippen molar-refractivity contribution in [1.82, 2.24) is 4.90 Å². The highest BCUT2D eigenvalue weighted by Crippen LogP contribution is 2.33. The standard InChI is InChI=1S/C12H12ClN3O4/c1-15-10(17)6-5-9(12(15)18)14-8-4-2-3-7(13)11(8)16(19)20/h2-4,9,14H,5-6H2,1H3. The van der Waals surface area contributed by atoms with Crippen molar-refractivity contribution in [3.05, 3.63) is 33.3 Å². The van der Waals surface area contributed by atoms with Crippen LogP contribution in [0, 0.1) is 10.1 Å². The van der Waals surface area contributed by atoms with Crippen LogP contribution in [0.4, 0.5) is 11.4 Å². The number of carbonyl (C=O) groups excluding carboxylic acids is 2. The molecule has 1 aliphatic rings. The molecule has 1 aromatic rings. The minimum atomic E-state index is -0.671. The van der Waals surface area contributed by atoms with E-state index >= 15 is 0 Å². The number of piperidine rings is 1. The highest BCUT2D eigenvalue weighted by atomic mass is 35.5. The zero-order valence-corrected chi connectivity index (χ0v) is 11.4. The number of anilines is 1. The Bertz CT molecular complexity index is 590. The van der Waals surface area contributed by atoms with Gasteiger partial charge in [0.1, 0.15) is 16.8 Å². The molecular formula is C12H12ClN3O4. The number of halogens is 1. The van der Waals surface area contributed by atoms with Crippen molar-refractivity contribution in [1.29, 1.82) is 0 Å². The summed E-state index contributed by atoms with van der Waals surface area (Å²) in [4.78, 5) is 34.8. The molecule has 1 fully saturated rings. The maximum atomic E-state index is 11.9. The first-order valence-electron chi connectivity index (χ1n) is 5.91. The molecule has 1 aliphatic heterocycles. The van der Waals surface area contributed by atoms with Gasteiger partial charge in [-0.05, 0) is 18.6 Å². The Morgan fingerprint density at radius 3 is 2.80 bits per heavy atom. The number of rotatable bonds is 3. The largest absolute Gasteiger partial charge is 0.368 e. The molecule has 2 rings (SSSR count). The lowest BCUT2D eigenvalue weighted by Gasteiger charge is -2.28. The van der Waals surface area contributed by atoms with Crippen molar-refractivity contribution in [3.63, 3.8) is 0 Å². The number of benzene rings is 1. The Kier molecular flexibility index (Phi) is 3.89. The number of nitrogens with one attached hydrogen (secondary N) is 1. The fourth-order valence-electron chi connectivity index (χ4n) is 2.05. The zero-order chi connectivity index (χ0) is 14.9. The second kappa shape index (κ2) is 5.46. The van der Waals surface area contributed by atoms with Gasteiger partial charge in [0.05, 0.1) is 4.92 Å². The molecule has 0 saturated carbocycles. The average Bonchev–Trinajstić information content (AvgIpc) is 2.39. The van der Waals surface area contributed by atoms with Crippen LogP contribution < -0.4 is 5.32 Å². The summed E-state index contributed by atoms with van der Waals surface area (Å²) >= 11 is 5.80. The molecule has 1 N–H and O–H groups in total. The van der Waals surface area contributed by atoms with E-state index < -0.39 is 16.9 Å². The number of hydrogen-bond donors (Lipinski definition) is 1. The third-order valence-corrected chi connectivity index (χ3v) is 3.45. The first-order valence-corrected chi connectivity index (χ1v) is 6.29. The number of carbonyl (C=O) groups is 2. The van der Waals surface area contributed by atoms with Crippen LogP contribution in [0.25, 0.3) is 0 Å². The predicted molar refractivity (Wildman–Crippen MR) is 72.5 cm³/mol. The first-order chi connectivity index (χ1) is 9.41. The Morgan fingerprint density at radius 1 is 1.45 bits per heavy atom. The van der Waals surface area contributed by atoms with E-state index in [2.05, 4.69) is 5.32 Å². The van der Waals surface area contributed by atoms with E-state index in [1.54, 1.807) is 6.07 Å². The van der Waals surface area contributed by atoms with Gasteiger partial charge in [-0.2, -0.15) is 0 Å². The molecule has 1 heterocycles. The molecule has 1 saturated heterocycles. The Labute approximate surface area is 119 Å². The number of nitro groups is 1. The SMILES string of the molecule is CN1C(=O)CCC(Nc2cccc(Cl)c2[N+](=O)[O-])C1=O. The van der Waals surface area contributed by atoms with Gasteiger partial charge >= 0.3 is 5.69 Å². The lowest BCUT2D eigenvalue weighted by Crippen LogP contribution is -2.48. The van der Waals surface area contributed by atoms with Gasteiger partial charge in [-0.15, -0.1) is 0 Å². The maximum absolute atomic E-state index is 11.9. The van der Waals surface area contributed by atoms with Gasteiger partial charge in [0, 0.05) is 13.5 Å². The number of amides is 2. The molecule has 7 nitrogen and oxygen atoms in total. The second-order valence-corrected chi connectivity index (χ2v) is 4.83. The number of nitrogens with zero attached hydrogens (tertiary/aromatic N) is 2. The number of likely N-dealkylation sites (N-methyl/N-ethyl adjacent to an activating group) is 1. The average molecular weight is 298 g/mol. The summed E-state index contributed by atoms with van der Waals surface area (Å²) in [7, 11) is 1.39. The molecule has 1 unspecified atom stereocenters. The number of imide groups is 1. The van der Waals surface area contributed by atoms with E-state index in [9.17, 15) is 19.7 Å². The highest BCUT2D eigenvalue weighted by molar-refractivity contribution is 6.33. The van der Waals surface area contributed by atoms with E-state index in [0.717, 1.165) is 4.90 Å². The quantitative estimate of drug-likeness (QED) is 0.522. The lowest BCUT2D eigenvalue weighted by molar-refractivity contribution is -0.383. The predicted octanol–water partition coefficient (Wildman–Crippen LogP) is 1.81. The van der Waals surface area contributed by atoms with Gasteiger partial charge in [-0.25, -0.2) is 0 Å². The van der Waals surface area contributed by atoms with Crippen LogP contribution >= 0.6 is 11.6 Å². The minimum Gasteiger partial charge on any atom is -0.368 e. The number of likely N-dealkylation sites (tertiary alicyclic amines) is 1. The van der Waals surface area contributed by atoms with Crippen LogP contribution in [0.3, 0.4) is 0 Å². The monoisotopic (exact) mass is 297 g/mol. The number of para-hydroxylation sites is 1. The van der Waals surface area contributed by atoms with Crippen LogP contribution in [0.1, 0.15) is 12.8 Å². The summed E-state index contributed by atoms with van der Waals surface area (Å²) < 4.78 is 0. The van der Waals surface area contributed by atoms with Gasteiger partial charge in [0.15, 0.2) is 0 Å². The van der Waals surface area contributed by atoms with Gasteiger partial charge in [-0.1, -0.05) is 17.7 Å². The van der Waals surface area contributed by atoms with E-state index in [1.165, 1.54) is 19.2 Å². The molecule has 0 radical (unpaired) electrons. The van der Waals surface area contributed by atoms with Gasteiger partial charge in [0.2, 0.25) is 5.91 Å². The minimum absolute atomic E-state index is 0.00677. The van der Waals surface area contributed by atoms with Crippen molar-refractivity contribution < 1.29 is 14.5 Å². The molecule has 0 spiro atoms. The van der Waals surface area contributed by atoms with Crippen molar-refractivity contribution in [3.8, 4) is 0 Å². The Morgan fingerprint density at radius 2 is 2.15 bits per heavy atom. The molecule has 1 atom stereocenters. The van der Waals surface area contributed by atoms with Crippen LogP contribution in [0.5, 0.6) is 0 Å². The summed E-state index contributed by atoms with van der Waals surface area (Å²) in [6.07, 6.45) is 0.514. The Hall–Kier alpha value is -2.15. The molecule has 8 heteroatoms. The second-order valence-electron chi connectivity index (χ2n) is 4.42. The maximum Gasteiger partial charge on any atom is 0.310 e. The molecule has 1 aromatic carbocycles. The first kappa shape index (κ1) is 14.3. The summed E-state index contributed by atoms with van der Waals surface area (Å²) in [6.45, 7) is 0. The molecule has 0 aromatic heterocycles. The molecule has 0 aliphatic carbocycles. The van der Waals surface area contributed by atoms with Gasteiger partial charge in [0.25, 0.3) is 5.91 Å². The fraction of sp³-hybridized carbons (Fsp3) is 0.333. The van der Waals surface area contributed by atoms with Gasteiger partial charge in [-0.3, -0.25) is 24.6 Å². The number of nitro benzene ring substituents is 1. The number of hydrogen-bond acceptors (Lipinski definition) is 5. The van der Waals surface area contributed by atoms with E-state index in [-0.39, 0.29) is 28.7 Å². The topological polar surface area (TPSA) is 92.6 Å². The van der Waals surface area contributed by atoms with E-state index in [0.29, 0.717) is 6.42 Å².